The number of carbonyl (C=O) groups is 1. The first kappa shape index (κ1) is 13.1. The van der Waals surface area contributed by atoms with Gasteiger partial charge in [0.05, 0.1) is 4.88 Å². The standard InChI is InChI=1S/C15H22N2OS/c1-10-9-17(7-6-12(10)16)15(18)14-8-11-4-2-3-5-13(11)19-14/h8,10,12H,2-7,9,16H2,1H3. The molecule has 1 aliphatic heterocycles. The highest BCUT2D eigenvalue weighted by Gasteiger charge is 2.28. The second-order valence-electron chi connectivity index (χ2n) is 5.95. The molecule has 4 heteroatoms. The van der Waals surface area contributed by atoms with Gasteiger partial charge >= 0.3 is 0 Å². The highest BCUT2D eigenvalue weighted by molar-refractivity contribution is 7.14. The number of carbonyl (C=O) groups excluding carboxylic acids is 1. The van der Waals surface area contributed by atoms with Crippen molar-refractivity contribution in [1.29, 1.82) is 0 Å². The second kappa shape index (κ2) is 5.25. The molecule has 104 valence electrons. The number of aryl methyl sites for hydroxylation is 2. The summed E-state index contributed by atoms with van der Waals surface area (Å²) in [5.41, 5.74) is 7.44. The van der Waals surface area contributed by atoms with E-state index in [2.05, 4.69) is 13.0 Å². The molecule has 0 spiro atoms. The number of likely N-dealkylation sites (tertiary alicyclic amines) is 1. The van der Waals surface area contributed by atoms with Crippen LogP contribution in [0.4, 0.5) is 0 Å². The molecule has 2 unspecified atom stereocenters. The van der Waals surface area contributed by atoms with Gasteiger partial charge in [-0.3, -0.25) is 4.79 Å². The van der Waals surface area contributed by atoms with Gasteiger partial charge in [0.25, 0.3) is 5.91 Å². The average Bonchev–Trinajstić information content (AvgIpc) is 2.85. The van der Waals surface area contributed by atoms with Gasteiger partial charge in [0.1, 0.15) is 0 Å². The molecule has 2 aliphatic rings. The Morgan fingerprint density at radius 1 is 1.42 bits per heavy atom. The molecule has 1 fully saturated rings. The van der Waals surface area contributed by atoms with Gasteiger partial charge in [0.2, 0.25) is 0 Å². The van der Waals surface area contributed by atoms with Crippen LogP contribution in [-0.4, -0.2) is 29.9 Å². The van der Waals surface area contributed by atoms with E-state index in [1.807, 2.05) is 4.90 Å². The van der Waals surface area contributed by atoms with Crippen LogP contribution in [0.15, 0.2) is 6.07 Å². The highest BCUT2D eigenvalue weighted by Crippen LogP contribution is 2.31. The fourth-order valence-electron chi connectivity index (χ4n) is 3.10. The highest BCUT2D eigenvalue weighted by atomic mass is 32.1. The molecule has 0 bridgehead atoms. The first-order valence-electron chi connectivity index (χ1n) is 7.31. The van der Waals surface area contributed by atoms with E-state index in [9.17, 15) is 4.79 Å². The Bertz CT molecular complexity index is 459. The Morgan fingerprint density at radius 3 is 2.95 bits per heavy atom. The predicted octanol–water partition coefficient (Wildman–Crippen LogP) is 2.44. The van der Waals surface area contributed by atoms with Crippen molar-refractivity contribution in [2.24, 2.45) is 11.7 Å². The van der Waals surface area contributed by atoms with Gasteiger partial charge in [0.15, 0.2) is 0 Å². The molecule has 0 radical (unpaired) electrons. The molecule has 1 saturated heterocycles. The second-order valence-corrected chi connectivity index (χ2v) is 7.08. The minimum Gasteiger partial charge on any atom is -0.338 e. The lowest BCUT2D eigenvalue weighted by molar-refractivity contribution is 0.0669. The van der Waals surface area contributed by atoms with E-state index in [0.29, 0.717) is 5.92 Å². The fraction of sp³-hybridized carbons (Fsp3) is 0.667. The Kier molecular flexibility index (Phi) is 3.63. The number of amides is 1. The number of fused-ring (bicyclic) bond motifs is 1. The molecule has 1 aromatic rings. The normalized spacial score (nSPS) is 27.2. The summed E-state index contributed by atoms with van der Waals surface area (Å²) in [7, 11) is 0. The van der Waals surface area contributed by atoms with Crippen LogP contribution in [0.5, 0.6) is 0 Å². The van der Waals surface area contributed by atoms with Crippen molar-refractivity contribution in [3.05, 3.63) is 21.4 Å². The van der Waals surface area contributed by atoms with E-state index >= 15 is 0 Å². The lowest BCUT2D eigenvalue weighted by Crippen LogP contribution is -2.48. The minimum absolute atomic E-state index is 0.221. The number of nitrogens with zero attached hydrogens (tertiary/aromatic N) is 1. The summed E-state index contributed by atoms with van der Waals surface area (Å²) in [5.74, 6) is 0.630. The van der Waals surface area contributed by atoms with Gasteiger partial charge in [0, 0.05) is 24.0 Å². The lowest BCUT2D eigenvalue weighted by Gasteiger charge is -2.34. The molecule has 19 heavy (non-hydrogen) atoms. The maximum atomic E-state index is 12.6. The molecule has 0 aromatic carbocycles. The van der Waals surface area contributed by atoms with Crippen LogP contribution in [0, 0.1) is 5.92 Å². The van der Waals surface area contributed by atoms with E-state index in [1.54, 1.807) is 11.3 Å². The summed E-state index contributed by atoms with van der Waals surface area (Å²) >= 11 is 1.72. The zero-order valence-corrected chi connectivity index (χ0v) is 12.3. The Hall–Kier alpha value is -0.870. The monoisotopic (exact) mass is 278 g/mol. The first-order valence-corrected chi connectivity index (χ1v) is 8.13. The zero-order valence-electron chi connectivity index (χ0n) is 11.5. The van der Waals surface area contributed by atoms with E-state index in [4.69, 9.17) is 5.73 Å². The topological polar surface area (TPSA) is 46.3 Å². The molecule has 1 aliphatic carbocycles. The number of hydrogen-bond donors (Lipinski definition) is 1. The Morgan fingerprint density at radius 2 is 2.21 bits per heavy atom. The Balaban J connectivity index is 1.75. The maximum Gasteiger partial charge on any atom is 0.263 e. The van der Waals surface area contributed by atoms with Crippen LogP contribution in [0.2, 0.25) is 0 Å². The fourth-order valence-corrected chi connectivity index (χ4v) is 4.32. The van der Waals surface area contributed by atoms with Gasteiger partial charge in [-0.2, -0.15) is 0 Å². The number of thiophene rings is 1. The molecule has 2 N–H and O–H groups in total. The summed E-state index contributed by atoms with van der Waals surface area (Å²) in [4.78, 5) is 16.9. The van der Waals surface area contributed by atoms with E-state index in [0.717, 1.165) is 37.2 Å². The molecular formula is C15H22N2OS. The summed E-state index contributed by atoms with van der Waals surface area (Å²) in [6.07, 6.45) is 5.79. The van der Waals surface area contributed by atoms with Gasteiger partial charge < -0.3 is 10.6 Å². The molecule has 2 atom stereocenters. The van der Waals surface area contributed by atoms with Crippen LogP contribution < -0.4 is 5.73 Å². The third-order valence-electron chi connectivity index (χ3n) is 4.47. The van der Waals surface area contributed by atoms with Gasteiger partial charge in [-0.05, 0) is 49.7 Å². The van der Waals surface area contributed by atoms with Crippen molar-refractivity contribution in [2.75, 3.05) is 13.1 Å². The summed E-state index contributed by atoms with van der Waals surface area (Å²) in [6.45, 7) is 3.76. The molecule has 1 aromatic heterocycles. The third kappa shape index (κ3) is 2.56. The van der Waals surface area contributed by atoms with Gasteiger partial charge in [-0.25, -0.2) is 0 Å². The molecule has 3 rings (SSSR count). The minimum atomic E-state index is 0.221. The van der Waals surface area contributed by atoms with Gasteiger partial charge in [-0.1, -0.05) is 6.92 Å². The van der Waals surface area contributed by atoms with Crippen molar-refractivity contribution in [3.63, 3.8) is 0 Å². The number of piperidine rings is 1. The number of rotatable bonds is 1. The number of hydrogen-bond acceptors (Lipinski definition) is 3. The van der Waals surface area contributed by atoms with Gasteiger partial charge in [-0.15, -0.1) is 11.3 Å². The SMILES string of the molecule is CC1CN(C(=O)c2cc3c(s2)CCCC3)CCC1N. The van der Waals surface area contributed by atoms with Crippen molar-refractivity contribution < 1.29 is 4.79 Å². The van der Waals surface area contributed by atoms with Crippen LogP contribution in [0.3, 0.4) is 0 Å². The third-order valence-corrected chi connectivity index (χ3v) is 5.69. The maximum absolute atomic E-state index is 12.6. The quantitative estimate of drug-likeness (QED) is 0.857. The lowest BCUT2D eigenvalue weighted by atomic mass is 9.94. The van der Waals surface area contributed by atoms with Crippen LogP contribution in [0.25, 0.3) is 0 Å². The number of nitrogens with two attached hydrogens (primary N) is 1. The average molecular weight is 278 g/mol. The summed E-state index contributed by atoms with van der Waals surface area (Å²) in [6, 6.07) is 2.39. The zero-order chi connectivity index (χ0) is 13.4. The largest absolute Gasteiger partial charge is 0.338 e. The molecular weight excluding hydrogens is 256 g/mol. The molecule has 1 amide bonds. The summed E-state index contributed by atoms with van der Waals surface area (Å²) < 4.78 is 0. The van der Waals surface area contributed by atoms with E-state index < -0.39 is 0 Å². The molecule has 0 saturated carbocycles. The molecule has 2 heterocycles. The van der Waals surface area contributed by atoms with Crippen molar-refractivity contribution >= 4 is 17.2 Å². The predicted molar refractivity (Wildman–Crippen MR) is 78.6 cm³/mol. The Labute approximate surface area is 118 Å². The van der Waals surface area contributed by atoms with Crippen molar-refractivity contribution in [3.8, 4) is 0 Å². The van der Waals surface area contributed by atoms with Crippen LogP contribution in [-0.2, 0) is 12.8 Å². The first-order chi connectivity index (χ1) is 9.15. The van der Waals surface area contributed by atoms with Crippen LogP contribution in [0.1, 0.15) is 46.3 Å². The smallest absolute Gasteiger partial charge is 0.263 e. The summed E-state index contributed by atoms with van der Waals surface area (Å²) in [5, 5.41) is 0. The molecule has 3 nitrogen and oxygen atoms in total. The van der Waals surface area contributed by atoms with Crippen molar-refractivity contribution in [1.82, 2.24) is 4.90 Å². The van der Waals surface area contributed by atoms with Crippen molar-refractivity contribution in [2.45, 2.75) is 45.1 Å². The van der Waals surface area contributed by atoms with E-state index in [-0.39, 0.29) is 11.9 Å². The van der Waals surface area contributed by atoms with E-state index in [1.165, 1.54) is 23.3 Å². The van der Waals surface area contributed by atoms with Crippen LogP contribution >= 0.6 is 11.3 Å².